The van der Waals surface area contributed by atoms with Crippen molar-refractivity contribution in [1.29, 1.82) is 0 Å². The summed E-state index contributed by atoms with van der Waals surface area (Å²) in [6, 6.07) is 8.02. The number of rotatable bonds is 8. The Bertz CT molecular complexity index is 410. The summed E-state index contributed by atoms with van der Waals surface area (Å²) < 4.78 is 5.22. The van der Waals surface area contributed by atoms with E-state index >= 15 is 0 Å². The lowest BCUT2D eigenvalue weighted by Gasteiger charge is -2.11. The molecule has 0 saturated carbocycles. The van der Waals surface area contributed by atoms with Gasteiger partial charge in [-0.1, -0.05) is 31.9 Å². The summed E-state index contributed by atoms with van der Waals surface area (Å²) in [5.41, 5.74) is 1.15. The number of hydrogen-bond donors (Lipinski definition) is 2. The number of hydrogen-bond acceptors (Lipinski definition) is 2. The third-order valence-electron chi connectivity index (χ3n) is 2.97. The second-order valence-electron chi connectivity index (χ2n) is 4.68. The Labute approximate surface area is 145 Å². The van der Waals surface area contributed by atoms with Crippen LogP contribution in [0.1, 0.15) is 38.7 Å². The fraction of sp³-hybridized carbons (Fsp3) is 0.562. The average molecular weight is 405 g/mol. The molecule has 0 amide bonds. The molecule has 0 aromatic heterocycles. The molecule has 0 saturated heterocycles. The number of unbranched alkanes of at least 4 members (excludes halogenated alkanes) is 2. The van der Waals surface area contributed by atoms with Crippen LogP contribution in [0.15, 0.2) is 29.3 Å². The minimum atomic E-state index is 0. The Hall–Kier alpha value is -0.980. The summed E-state index contributed by atoms with van der Waals surface area (Å²) in [4.78, 5) is 4.60. The van der Waals surface area contributed by atoms with Crippen LogP contribution in [-0.2, 0) is 6.54 Å². The Morgan fingerprint density at radius 1 is 1.19 bits per heavy atom. The van der Waals surface area contributed by atoms with Gasteiger partial charge in [-0.3, -0.25) is 0 Å². The zero-order valence-corrected chi connectivity index (χ0v) is 15.6. The van der Waals surface area contributed by atoms with Gasteiger partial charge in [-0.2, -0.15) is 0 Å². The first-order valence-electron chi connectivity index (χ1n) is 7.45. The Morgan fingerprint density at radius 2 is 2.00 bits per heavy atom. The van der Waals surface area contributed by atoms with E-state index in [4.69, 9.17) is 4.74 Å². The lowest BCUT2D eigenvalue weighted by molar-refractivity contribution is 0.414. The largest absolute Gasteiger partial charge is 0.497 e. The van der Waals surface area contributed by atoms with Crippen molar-refractivity contribution < 1.29 is 4.74 Å². The summed E-state index contributed by atoms with van der Waals surface area (Å²) in [5.74, 6) is 1.75. The van der Waals surface area contributed by atoms with Gasteiger partial charge in [0.25, 0.3) is 0 Å². The Balaban J connectivity index is 0.00000400. The second kappa shape index (κ2) is 12.7. The minimum absolute atomic E-state index is 0. The lowest BCUT2D eigenvalue weighted by Crippen LogP contribution is -2.37. The quantitative estimate of drug-likeness (QED) is 0.301. The van der Waals surface area contributed by atoms with Gasteiger partial charge in [-0.15, -0.1) is 24.0 Å². The molecule has 0 unspecified atom stereocenters. The van der Waals surface area contributed by atoms with Gasteiger partial charge in [-0.25, -0.2) is 4.99 Å². The van der Waals surface area contributed by atoms with E-state index in [-0.39, 0.29) is 24.0 Å². The van der Waals surface area contributed by atoms with Crippen LogP contribution < -0.4 is 15.4 Å². The number of aliphatic imine (C=N–C) groups is 1. The van der Waals surface area contributed by atoms with E-state index in [1.165, 1.54) is 19.3 Å². The van der Waals surface area contributed by atoms with Gasteiger partial charge in [-0.05, 0) is 31.0 Å². The van der Waals surface area contributed by atoms with Crippen molar-refractivity contribution >= 4 is 29.9 Å². The Morgan fingerprint density at radius 3 is 2.67 bits per heavy atom. The monoisotopic (exact) mass is 405 g/mol. The number of guanidine groups is 1. The van der Waals surface area contributed by atoms with Gasteiger partial charge in [0.1, 0.15) is 5.75 Å². The van der Waals surface area contributed by atoms with Crippen LogP contribution in [0, 0.1) is 0 Å². The van der Waals surface area contributed by atoms with Crippen LogP contribution in [0.5, 0.6) is 5.75 Å². The molecule has 1 aromatic rings. The number of ether oxygens (including phenoxy) is 1. The van der Waals surface area contributed by atoms with Crippen LogP contribution >= 0.6 is 24.0 Å². The van der Waals surface area contributed by atoms with Crippen molar-refractivity contribution in [1.82, 2.24) is 10.6 Å². The predicted molar refractivity (Wildman–Crippen MR) is 101 cm³/mol. The standard InChI is InChI=1S/C16H27N3O.HI/c1-4-6-7-11-18-16(17-5-2)19-13-14-9-8-10-15(12-14)20-3;/h8-10,12H,4-7,11,13H2,1-3H3,(H2,17,18,19);1H. The molecule has 0 bridgehead atoms. The number of nitrogens with zero attached hydrogens (tertiary/aromatic N) is 1. The molecule has 120 valence electrons. The highest BCUT2D eigenvalue weighted by molar-refractivity contribution is 14.0. The first-order valence-corrected chi connectivity index (χ1v) is 7.45. The first kappa shape index (κ1) is 20.0. The predicted octanol–water partition coefficient (Wildman–Crippen LogP) is 3.56. The van der Waals surface area contributed by atoms with Gasteiger partial charge in [0.15, 0.2) is 5.96 Å². The molecule has 4 nitrogen and oxygen atoms in total. The molecule has 5 heteroatoms. The molecule has 0 radical (unpaired) electrons. The van der Waals surface area contributed by atoms with Crippen LogP contribution in [0.25, 0.3) is 0 Å². The molecular weight excluding hydrogens is 377 g/mol. The van der Waals surface area contributed by atoms with E-state index in [9.17, 15) is 0 Å². The van der Waals surface area contributed by atoms with Gasteiger partial charge in [0.05, 0.1) is 13.7 Å². The van der Waals surface area contributed by atoms with Crippen molar-refractivity contribution in [2.75, 3.05) is 20.2 Å². The third-order valence-corrected chi connectivity index (χ3v) is 2.97. The summed E-state index contributed by atoms with van der Waals surface area (Å²) in [5, 5.41) is 6.63. The minimum Gasteiger partial charge on any atom is -0.497 e. The van der Waals surface area contributed by atoms with E-state index < -0.39 is 0 Å². The summed E-state index contributed by atoms with van der Waals surface area (Å²) in [6.45, 7) is 6.78. The first-order chi connectivity index (χ1) is 9.80. The molecular formula is C16H28IN3O. The molecule has 1 aromatic carbocycles. The summed E-state index contributed by atoms with van der Waals surface area (Å²) in [6.07, 6.45) is 3.67. The van der Waals surface area contributed by atoms with Crippen molar-refractivity contribution in [2.45, 2.75) is 39.7 Å². The summed E-state index contributed by atoms with van der Waals surface area (Å²) in [7, 11) is 1.68. The number of methoxy groups -OCH3 is 1. The highest BCUT2D eigenvalue weighted by Gasteiger charge is 1.98. The van der Waals surface area contributed by atoms with Gasteiger partial charge < -0.3 is 15.4 Å². The van der Waals surface area contributed by atoms with Crippen molar-refractivity contribution in [3.63, 3.8) is 0 Å². The number of nitrogens with one attached hydrogen (secondary N) is 2. The zero-order chi connectivity index (χ0) is 14.6. The maximum atomic E-state index is 5.22. The van der Waals surface area contributed by atoms with E-state index in [1.807, 2.05) is 18.2 Å². The topological polar surface area (TPSA) is 45.7 Å². The SMILES string of the molecule is CCCCCNC(=NCc1cccc(OC)c1)NCC.I. The highest BCUT2D eigenvalue weighted by Crippen LogP contribution is 2.13. The van der Waals surface area contributed by atoms with E-state index in [1.54, 1.807) is 7.11 Å². The molecule has 21 heavy (non-hydrogen) atoms. The number of benzene rings is 1. The second-order valence-corrected chi connectivity index (χ2v) is 4.68. The van der Waals surface area contributed by atoms with Gasteiger partial charge in [0.2, 0.25) is 0 Å². The zero-order valence-electron chi connectivity index (χ0n) is 13.3. The molecule has 1 rings (SSSR count). The third kappa shape index (κ3) is 8.80. The van der Waals surface area contributed by atoms with Crippen molar-refractivity contribution in [3.8, 4) is 5.75 Å². The van der Waals surface area contributed by atoms with Crippen molar-refractivity contribution in [2.24, 2.45) is 4.99 Å². The van der Waals surface area contributed by atoms with Crippen LogP contribution in [-0.4, -0.2) is 26.2 Å². The van der Waals surface area contributed by atoms with Crippen LogP contribution in [0.2, 0.25) is 0 Å². The van der Waals surface area contributed by atoms with Crippen LogP contribution in [0.4, 0.5) is 0 Å². The average Bonchev–Trinajstić information content (AvgIpc) is 2.49. The lowest BCUT2D eigenvalue weighted by atomic mass is 10.2. The normalized spacial score (nSPS) is 10.7. The van der Waals surface area contributed by atoms with E-state index in [0.717, 1.165) is 30.4 Å². The van der Waals surface area contributed by atoms with Crippen molar-refractivity contribution in [3.05, 3.63) is 29.8 Å². The van der Waals surface area contributed by atoms with E-state index in [0.29, 0.717) is 6.54 Å². The molecule has 2 N–H and O–H groups in total. The maximum absolute atomic E-state index is 5.22. The Kier molecular flexibility index (Phi) is 12.1. The molecule has 0 aliphatic rings. The smallest absolute Gasteiger partial charge is 0.191 e. The molecule has 0 fully saturated rings. The number of halogens is 1. The molecule has 0 atom stereocenters. The van der Waals surface area contributed by atoms with Gasteiger partial charge >= 0.3 is 0 Å². The molecule has 0 aliphatic carbocycles. The fourth-order valence-corrected chi connectivity index (χ4v) is 1.86. The van der Waals surface area contributed by atoms with Gasteiger partial charge in [0, 0.05) is 13.1 Å². The van der Waals surface area contributed by atoms with Crippen LogP contribution in [0.3, 0.4) is 0 Å². The maximum Gasteiger partial charge on any atom is 0.191 e. The fourth-order valence-electron chi connectivity index (χ4n) is 1.86. The molecule has 0 aliphatic heterocycles. The molecule has 0 spiro atoms. The highest BCUT2D eigenvalue weighted by atomic mass is 127. The molecule has 0 heterocycles. The van der Waals surface area contributed by atoms with E-state index in [2.05, 4.69) is 35.5 Å². The summed E-state index contributed by atoms with van der Waals surface area (Å²) >= 11 is 0.